The van der Waals surface area contributed by atoms with E-state index in [0.29, 0.717) is 0 Å². The van der Waals surface area contributed by atoms with Gasteiger partial charge in [0.1, 0.15) is 24.4 Å². The molecule has 0 aromatic rings. The van der Waals surface area contributed by atoms with E-state index in [4.69, 9.17) is 4.74 Å². The standard InChI is InChI=1S/C10H19NO7/c1-3(12)5(11-4(2)13)9-7(15)6(14)8(16)10(17)18-9/h3,5-10,12,14-17H,1-2H3,(H,11,13)/t3-,5-,6+,7-,8-,9-,10+/m1/s1. The van der Waals surface area contributed by atoms with Crippen LogP contribution in [-0.2, 0) is 9.53 Å². The summed E-state index contributed by atoms with van der Waals surface area (Å²) in [5.41, 5.74) is 0. The van der Waals surface area contributed by atoms with E-state index in [1.807, 2.05) is 0 Å². The lowest BCUT2D eigenvalue weighted by Gasteiger charge is -2.42. The number of rotatable bonds is 3. The Balaban J connectivity index is 2.87. The summed E-state index contributed by atoms with van der Waals surface area (Å²) in [5.74, 6) is -0.466. The third kappa shape index (κ3) is 3.16. The van der Waals surface area contributed by atoms with Gasteiger partial charge in [0.05, 0.1) is 12.1 Å². The first-order valence-corrected chi connectivity index (χ1v) is 5.58. The zero-order valence-corrected chi connectivity index (χ0v) is 10.1. The van der Waals surface area contributed by atoms with E-state index in [0.717, 1.165) is 0 Å². The van der Waals surface area contributed by atoms with Crippen LogP contribution in [0, 0.1) is 0 Å². The average molecular weight is 265 g/mol. The summed E-state index contributed by atoms with van der Waals surface area (Å²) in [6.45, 7) is 2.58. The van der Waals surface area contributed by atoms with Crippen LogP contribution >= 0.6 is 0 Å². The van der Waals surface area contributed by atoms with Crippen molar-refractivity contribution in [2.45, 2.75) is 56.7 Å². The predicted molar refractivity (Wildman–Crippen MR) is 58.2 cm³/mol. The molecule has 1 saturated heterocycles. The van der Waals surface area contributed by atoms with Crippen molar-refractivity contribution in [3.63, 3.8) is 0 Å². The largest absolute Gasteiger partial charge is 0.391 e. The normalized spacial score (nSPS) is 40.1. The molecule has 6 N–H and O–H groups in total. The number of ether oxygens (including phenoxy) is 1. The Hall–Kier alpha value is -0.770. The van der Waals surface area contributed by atoms with Gasteiger partial charge in [-0.15, -0.1) is 0 Å². The van der Waals surface area contributed by atoms with Crippen LogP contribution in [0.5, 0.6) is 0 Å². The van der Waals surface area contributed by atoms with E-state index in [9.17, 15) is 30.3 Å². The Morgan fingerprint density at radius 1 is 1.17 bits per heavy atom. The summed E-state index contributed by atoms with van der Waals surface area (Å²) in [4.78, 5) is 11.0. The summed E-state index contributed by atoms with van der Waals surface area (Å²) in [6.07, 6.45) is -8.85. The van der Waals surface area contributed by atoms with Gasteiger partial charge >= 0.3 is 0 Å². The number of hydrogen-bond acceptors (Lipinski definition) is 7. The van der Waals surface area contributed by atoms with Gasteiger partial charge in [-0.25, -0.2) is 0 Å². The van der Waals surface area contributed by atoms with Gasteiger partial charge in [0, 0.05) is 6.92 Å². The Morgan fingerprint density at radius 3 is 2.17 bits per heavy atom. The van der Waals surface area contributed by atoms with Crippen molar-refractivity contribution in [2.75, 3.05) is 0 Å². The van der Waals surface area contributed by atoms with Gasteiger partial charge in [-0.05, 0) is 6.92 Å². The molecule has 7 atom stereocenters. The lowest BCUT2D eigenvalue weighted by atomic mass is 9.92. The van der Waals surface area contributed by atoms with Gasteiger partial charge in [-0.2, -0.15) is 0 Å². The van der Waals surface area contributed by atoms with Gasteiger partial charge in [0.25, 0.3) is 0 Å². The monoisotopic (exact) mass is 265 g/mol. The van der Waals surface area contributed by atoms with Crippen molar-refractivity contribution in [3.8, 4) is 0 Å². The van der Waals surface area contributed by atoms with Gasteiger partial charge in [-0.1, -0.05) is 0 Å². The summed E-state index contributed by atoms with van der Waals surface area (Å²) in [5, 5.41) is 49.8. The second-order valence-electron chi connectivity index (χ2n) is 4.43. The smallest absolute Gasteiger partial charge is 0.217 e. The van der Waals surface area contributed by atoms with Crippen molar-refractivity contribution >= 4 is 5.91 Å². The molecule has 1 fully saturated rings. The Bertz CT molecular complexity index is 298. The molecule has 18 heavy (non-hydrogen) atoms. The molecule has 0 aromatic heterocycles. The molecule has 0 aliphatic carbocycles. The van der Waals surface area contributed by atoms with Gasteiger partial charge < -0.3 is 35.6 Å². The molecule has 0 aromatic carbocycles. The SMILES string of the molecule is CC(=O)N[C@@H]([C@H]1O[C@H](O)[C@H](O)[C@@H](O)[C@H]1O)[C@@H](C)O. The molecule has 8 nitrogen and oxygen atoms in total. The highest BCUT2D eigenvalue weighted by molar-refractivity contribution is 5.73. The minimum atomic E-state index is -1.71. The topological polar surface area (TPSA) is 139 Å². The van der Waals surface area contributed by atoms with E-state index in [1.54, 1.807) is 0 Å². The van der Waals surface area contributed by atoms with E-state index >= 15 is 0 Å². The highest BCUT2D eigenvalue weighted by Crippen LogP contribution is 2.23. The third-order valence-electron chi connectivity index (χ3n) is 2.87. The number of aliphatic hydroxyl groups is 5. The molecule has 1 aliphatic heterocycles. The summed E-state index contributed by atoms with van der Waals surface area (Å²) < 4.78 is 4.93. The molecule has 1 amide bonds. The molecule has 0 unspecified atom stereocenters. The fourth-order valence-electron chi connectivity index (χ4n) is 1.90. The zero-order chi connectivity index (χ0) is 14.0. The second-order valence-corrected chi connectivity index (χ2v) is 4.43. The number of carbonyl (C=O) groups is 1. The van der Waals surface area contributed by atoms with Crippen LogP contribution in [0.25, 0.3) is 0 Å². The van der Waals surface area contributed by atoms with Crippen LogP contribution in [0.3, 0.4) is 0 Å². The van der Waals surface area contributed by atoms with Crippen LogP contribution in [0.1, 0.15) is 13.8 Å². The van der Waals surface area contributed by atoms with Crippen LogP contribution < -0.4 is 5.32 Å². The first-order valence-electron chi connectivity index (χ1n) is 5.58. The van der Waals surface area contributed by atoms with Gasteiger partial charge in [0.2, 0.25) is 5.91 Å². The van der Waals surface area contributed by atoms with E-state index in [2.05, 4.69) is 5.32 Å². The number of amides is 1. The van der Waals surface area contributed by atoms with E-state index < -0.39 is 48.8 Å². The molecule has 0 spiro atoms. The van der Waals surface area contributed by atoms with Crippen molar-refractivity contribution in [1.29, 1.82) is 0 Å². The lowest BCUT2D eigenvalue weighted by Crippen LogP contribution is -2.65. The lowest BCUT2D eigenvalue weighted by molar-refractivity contribution is -0.289. The maximum Gasteiger partial charge on any atom is 0.217 e. The summed E-state index contributed by atoms with van der Waals surface area (Å²) in [6, 6.07) is -1.02. The maximum absolute atomic E-state index is 11.0. The van der Waals surface area contributed by atoms with E-state index in [-0.39, 0.29) is 0 Å². The van der Waals surface area contributed by atoms with Crippen LogP contribution in [0.2, 0.25) is 0 Å². The zero-order valence-electron chi connectivity index (χ0n) is 10.1. The highest BCUT2D eigenvalue weighted by atomic mass is 16.6. The molecule has 8 heteroatoms. The van der Waals surface area contributed by atoms with Crippen molar-refractivity contribution in [2.24, 2.45) is 0 Å². The maximum atomic E-state index is 11.0. The molecule has 1 rings (SSSR count). The van der Waals surface area contributed by atoms with Crippen LogP contribution in [0.15, 0.2) is 0 Å². The first kappa shape index (κ1) is 15.3. The Morgan fingerprint density at radius 2 is 1.72 bits per heavy atom. The fourth-order valence-corrected chi connectivity index (χ4v) is 1.90. The number of nitrogens with one attached hydrogen (secondary N) is 1. The molecular weight excluding hydrogens is 246 g/mol. The minimum Gasteiger partial charge on any atom is -0.391 e. The minimum absolute atomic E-state index is 0.466. The van der Waals surface area contributed by atoms with Crippen LogP contribution in [0.4, 0.5) is 0 Å². The Kier molecular flexibility index (Phi) is 5.02. The summed E-state index contributed by atoms with van der Waals surface area (Å²) >= 11 is 0. The Labute approximate surface area is 104 Å². The summed E-state index contributed by atoms with van der Waals surface area (Å²) in [7, 11) is 0. The van der Waals surface area contributed by atoms with E-state index in [1.165, 1.54) is 13.8 Å². The molecule has 1 aliphatic rings. The molecular formula is C10H19NO7. The molecule has 0 bridgehead atoms. The number of hydrogen-bond donors (Lipinski definition) is 6. The molecule has 106 valence electrons. The first-order chi connectivity index (χ1) is 8.25. The third-order valence-corrected chi connectivity index (χ3v) is 2.87. The highest BCUT2D eigenvalue weighted by Gasteiger charge is 2.47. The average Bonchev–Trinajstić information content (AvgIpc) is 2.28. The molecule has 1 heterocycles. The fraction of sp³-hybridized carbons (Fsp3) is 0.900. The quantitative estimate of drug-likeness (QED) is 0.314. The number of carbonyl (C=O) groups excluding carboxylic acids is 1. The molecule has 0 saturated carbocycles. The second kappa shape index (κ2) is 5.91. The van der Waals surface area contributed by atoms with Gasteiger partial charge in [-0.3, -0.25) is 4.79 Å². The van der Waals surface area contributed by atoms with Crippen LogP contribution in [-0.4, -0.2) is 74.3 Å². The van der Waals surface area contributed by atoms with Crippen molar-refractivity contribution in [1.82, 2.24) is 5.32 Å². The predicted octanol–water partition coefficient (Wildman–Crippen LogP) is -3.33. The molecule has 0 radical (unpaired) electrons. The van der Waals surface area contributed by atoms with Crippen molar-refractivity contribution in [3.05, 3.63) is 0 Å². The van der Waals surface area contributed by atoms with Gasteiger partial charge in [0.15, 0.2) is 6.29 Å². The van der Waals surface area contributed by atoms with Crippen molar-refractivity contribution < 1.29 is 35.1 Å². The number of aliphatic hydroxyl groups excluding tert-OH is 5.